The number of carbonyl (C=O) groups excluding carboxylic acids is 6. The van der Waals surface area contributed by atoms with Crippen molar-refractivity contribution in [3.05, 3.63) is 47.5 Å². The van der Waals surface area contributed by atoms with E-state index in [1.54, 1.807) is 72.7 Å². The number of nitrogens with one attached hydrogen (secondary N) is 6. The first-order valence-corrected chi connectivity index (χ1v) is 19.3. The van der Waals surface area contributed by atoms with E-state index in [-0.39, 0.29) is 68.9 Å². The zero-order valence-electron chi connectivity index (χ0n) is 34.9. The van der Waals surface area contributed by atoms with Crippen LogP contribution in [-0.2, 0) is 35.1 Å². The van der Waals surface area contributed by atoms with Crippen molar-refractivity contribution in [1.29, 1.82) is 0 Å². The first-order chi connectivity index (χ1) is 27.5. The standard InChI is InChI=1S/C40H62N8O11/c1-23-17-24(10-12-31(23)50)25-11-13-32(51)26(18-25)19-29(48-38(57)59-40(5,6)7)36(55)47-28(9-8-15-44-37(56)58-39(2,3)4)34(53)45-22-33(52)46-30(20-27(49)21-42)35(54)43-16-14-41/h10-13,17-18,27-30,49-51H,8-9,14-16,19-22,41-42H2,1-7H3,(H,43,54)(H,44,56)(H,45,53)(H,46,52)(H,47,55)(H,48,57)/t27-,28+,29+,30+/m1/s1. The van der Waals surface area contributed by atoms with E-state index < -0.39 is 77.8 Å². The highest BCUT2D eigenvalue weighted by atomic mass is 16.6. The predicted molar refractivity (Wildman–Crippen MR) is 219 cm³/mol. The third kappa shape index (κ3) is 18.6. The lowest BCUT2D eigenvalue weighted by Gasteiger charge is -2.26. The molecule has 19 nitrogen and oxygen atoms in total. The molecule has 0 fully saturated rings. The summed E-state index contributed by atoms with van der Waals surface area (Å²) in [6, 6.07) is 5.72. The number of phenolic OH excluding ortho intramolecular Hbond substituents is 2. The molecule has 0 aliphatic carbocycles. The van der Waals surface area contributed by atoms with Crippen molar-refractivity contribution in [2.45, 2.75) is 110 Å². The van der Waals surface area contributed by atoms with Crippen LogP contribution in [0.15, 0.2) is 36.4 Å². The molecule has 13 N–H and O–H groups in total. The third-order valence-electron chi connectivity index (χ3n) is 8.31. The van der Waals surface area contributed by atoms with E-state index in [2.05, 4.69) is 31.9 Å². The molecule has 59 heavy (non-hydrogen) atoms. The summed E-state index contributed by atoms with van der Waals surface area (Å²) in [5.74, 6) is -3.17. The molecule has 0 aliphatic rings. The number of nitrogens with two attached hydrogens (primary N) is 2. The summed E-state index contributed by atoms with van der Waals surface area (Å²) in [4.78, 5) is 78.6. The smallest absolute Gasteiger partial charge is 0.408 e. The molecule has 0 unspecified atom stereocenters. The van der Waals surface area contributed by atoms with Gasteiger partial charge < -0.3 is 68.2 Å². The quantitative estimate of drug-likeness (QED) is 0.0820. The fraction of sp³-hybridized carbons (Fsp3) is 0.550. The zero-order chi connectivity index (χ0) is 44.5. The normalized spacial score (nSPS) is 13.5. The third-order valence-corrected chi connectivity index (χ3v) is 8.31. The molecular formula is C40H62N8O11. The molecule has 0 saturated carbocycles. The van der Waals surface area contributed by atoms with E-state index in [1.807, 2.05) is 0 Å². The number of hydrogen-bond acceptors (Lipinski definition) is 13. The molecule has 0 aromatic heterocycles. The largest absolute Gasteiger partial charge is 0.508 e. The molecule has 2 rings (SSSR count). The van der Waals surface area contributed by atoms with E-state index in [4.69, 9.17) is 20.9 Å². The van der Waals surface area contributed by atoms with Crippen molar-refractivity contribution < 1.29 is 53.6 Å². The molecule has 328 valence electrons. The second-order valence-electron chi connectivity index (χ2n) is 15.9. The number of rotatable bonds is 20. The molecule has 2 aromatic carbocycles. The number of aliphatic hydroxyl groups is 1. The zero-order valence-corrected chi connectivity index (χ0v) is 34.9. The van der Waals surface area contributed by atoms with Gasteiger partial charge in [-0.05, 0) is 108 Å². The summed E-state index contributed by atoms with van der Waals surface area (Å²) in [6.45, 7) is 11.2. The van der Waals surface area contributed by atoms with Crippen LogP contribution in [0.5, 0.6) is 11.5 Å². The summed E-state index contributed by atoms with van der Waals surface area (Å²) in [6.07, 6.45) is -3.17. The minimum atomic E-state index is -1.41. The van der Waals surface area contributed by atoms with Crippen LogP contribution in [-0.4, -0.2) is 119 Å². The van der Waals surface area contributed by atoms with Crippen LogP contribution in [0.2, 0.25) is 0 Å². The van der Waals surface area contributed by atoms with Gasteiger partial charge in [0.2, 0.25) is 23.6 Å². The predicted octanol–water partition coefficient (Wildman–Crippen LogP) is 0.684. The van der Waals surface area contributed by atoms with Gasteiger partial charge in [0, 0.05) is 39.0 Å². The average molecular weight is 831 g/mol. The molecule has 6 amide bonds. The SMILES string of the molecule is Cc1cc(-c2ccc(O)c(C[C@H](NC(=O)OC(C)(C)C)C(=O)N[C@@H](CCCNC(=O)OC(C)(C)C)C(=O)NCC(=O)N[C@@H](C[C@@H](O)CN)C(=O)NCCN)c2)ccc1O. The van der Waals surface area contributed by atoms with Crippen molar-refractivity contribution >= 4 is 35.8 Å². The molecule has 0 spiro atoms. The highest BCUT2D eigenvalue weighted by Gasteiger charge is 2.30. The maximum Gasteiger partial charge on any atom is 0.408 e. The highest BCUT2D eigenvalue weighted by molar-refractivity contribution is 5.94. The Morgan fingerprint density at radius 2 is 1.29 bits per heavy atom. The Morgan fingerprint density at radius 3 is 1.88 bits per heavy atom. The number of phenols is 2. The summed E-state index contributed by atoms with van der Waals surface area (Å²) in [5.41, 5.74) is 11.5. The number of amides is 6. The van der Waals surface area contributed by atoms with E-state index in [0.29, 0.717) is 16.7 Å². The number of aromatic hydroxyl groups is 2. The Balaban J connectivity index is 2.38. The number of hydrogen-bond donors (Lipinski definition) is 11. The minimum absolute atomic E-state index is 0.0368. The molecule has 2 aromatic rings. The van der Waals surface area contributed by atoms with E-state index in [1.165, 1.54) is 12.1 Å². The van der Waals surface area contributed by atoms with Crippen molar-refractivity contribution in [3.63, 3.8) is 0 Å². The second-order valence-corrected chi connectivity index (χ2v) is 15.9. The lowest BCUT2D eigenvalue weighted by atomic mass is 9.97. The minimum Gasteiger partial charge on any atom is -0.508 e. The van der Waals surface area contributed by atoms with Crippen LogP contribution in [0.25, 0.3) is 11.1 Å². The maximum atomic E-state index is 14.1. The van der Waals surface area contributed by atoms with Gasteiger partial charge in [-0.1, -0.05) is 12.1 Å². The molecule has 0 heterocycles. The molecule has 0 saturated heterocycles. The van der Waals surface area contributed by atoms with Gasteiger partial charge in [0.1, 0.15) is 40.8 Å². The Morgan fingerprint density at radius 1 is 0.695 bits per heavy atom. The van der Waals surface area contributed by atoms with E-state index in [9.17, 15) is 44.1 Å². The van der Waals surface area contributed by atoms with Crippen molar-refractivity contribution in [1.82, 2.24) is 31.9 Å². The lowest BCUT2D eigenvalue weighted by Crippen LogP contribution is -2.56. The fourth-order valence-corrected chi connectivity index (χ4v) is 5.45. The summed E-state index contributed by atoms with van der Waals surface area (Å²) in [7, 11) is 0. The van der Waals surface area contributed by atoms with Gasteiger partial charge in [-0.2, -0.15) is 0 Å². The summed E-state index contributed by atoms with van der Waals surface area (Å²) >= 11 is 0. The number of aliphatic hydroxyl groups excluding tert-OH is 1. The Kier molecular flexibility index (Phi) is 19.3. The van der Waals surface area contributed by atoms with Gasteiger partial charge in [0.25, 0.3) is 0 Å². The Bertz CT molecular complexity index is 1760. The van der Waals surface area contributed by atoms with Gasteiger partial charge in [-0.25, -0.2) is 9.59 Å². The van der Waals surface area contributed by atoms with Crippen LogP contribution in [0, 0.1) is 6.92 Å². The van der Waals surface area contributed by atoms with E-state index >= 15 is 0 Å². The number of ether oxygens (including phenoxy) is 2. The molecule has 0 bridgehead atoms. The van der Waals surface area contributed by atoms with Gasteiger partial charge in [0.05, 0.1) is 12.6 Å². The topological polar surface area (TPSA) is 306 Å². The molecule has 4 atom stereocenters. The Hall–Kier alpha value is -5.66. The van der Waals surface area contributed by atoms with Gasteiger partial charge in [0.15, 0.2) is 0 Å². The first kappa shape index (κ1) is 49.5. The summed E-state index contributed by atoms with van der Waals surface area (Å²) in [5, 5.41) is 46.1. The van der Waals surface area contributed by atoms with Crippen molar-refractivity contribution in [2.75, 3.05) is 32.7 Å². The van der Waals surface area contributed by atoms with Crippen LogP contribution in [0.3, 0.4) is 0 Å². The molecular weight excluding hydrogens is 768 g/mol. The molecule has 0 radical (unpaired) electrons. The number of aryl methyl sites for hydroxylation is 1. The lowest BCUT2D eigenvalue weighted by molar-refractivity contribution is -0.132. The van der Waals surface area contributed by atoms with Crippen LogP contribution in [0.1, 0.15) is 71.9 Å². The van der Waals surface area contributed by atoms with Crippen LogP contribution >= 0.6 is 0 Å². The molecule has 19 heteroatoms. The summed E-state index contributed by atoms with van der Waals surface area (Å²) < 4.78 is 10.7. The van der Waals surface area contributed by atoms with Crippen LogP contribution in [0.4, 0.5) is 9.59 Å². The first-order valence-electron chi connectivity index (χ1n) is 19.3. The second kappa shape index (κ2) is 23.1. The highest BCUT2D eigenvalue weighted by Crippen LogP contribution is 2.30. The van der Waals surface area contributed by atoms with Gasteiger partial charge in [-0.3, -0.25) is 19.2 Å². The Labute approximate surface area is 344 Å². The van der Waals surface area contributed by atoms with Gasteiger partial charge >= 0.3 is 12.2 Å². The molecule has 0 aliphatic heterocycles. The van der Waals surface area contributed by atoms with Crippen molar-refractivity contribution in [2.24, 2.45) is 11.5 Å². The van der Waals surface area contributed by atoms with Crippen LogP contribution < -0.4 is 43.4 Å². The fourth-order valence-electron chi connectivity index (χ4n) is 5.45. The number of carbonyl (C=O) groups is 6. The maximum absolute atomic E-state index is 14.1. The van der Waals surface area contributed by atoms with Gasteiger partial charge in [-0.15, -0.1) is 0 Å². The van der Waals surface area contributed by atoms with Crippen molar-refractivity contribution in [3.8, 4) is 22.6 Å². The number of alkyl carbamates (subject to hydrolysis) is 2. The average Bonchev–Trinajstić information content (AvgIpc) is 3.13. The monoisotopic (exact) mass is 830 g/mol. The van der Waals surface area contributed by atoms with E-state index in [0.717, 1.165) is 0 Å². The number of benzene rings is 2.